The van der Waals surface area contributed by atoms with Crippen LogP contribution in [0.4, 0.5) is 0 Å². The molecule has 0 fully saturated rings. The van der Waals surface area contributed by atoms with Gasteiger partial charge in [-0.05, 0) is 65.1 Å². The Balaban J connectivity index is 1.31. The van der Waals surface area contributed by atoms with Crippen LogP contribution in [0, 0.1) is 11.8 Å². The van der Waals surface area contributed by atoms with E-state index in [1.165, 1.54) is 29.5 Å². The number of ether oxygens (including phenoxy) is 1. The van der Waals surface area contributed by atoms with Crippen LogP contribution in [-0.4, -0.2) is 23.1 Å². The molecular formula is C28H25N2O4S. The molecule has 177 valence electrons. The largest absolute Gasteiger partial charge is 0.489 e. The number of nitrogens with zero attached hydrogens (tertiary/aromatic N) is 1. The van der Waals surface area contributed by atoms with Crippen molar-refractivity contribution in [3.63, 3.8) is 0 Å². The predicted molar refractivity (Wildman–Crippen MR) is 138 cm³/mol. The Morgan fingerprint density at radius 1 is 1.09 bits per heavy atom. The Bertz CT molecular complexity index is 1240. The summed E-state index contributed by atoms with van der Waals surface area (Å²) in [6.07, 6.45) is 8.87. The van der Waals surface area contributed by atoms with E-state index in [4.69, 9.17) is 4.74 Å². The molecule has 1 amide bonds. The summed E-state index contributed by atoms with van der Waals surface area (Å²) in [5, 5.41) is 3.32. The fraction of sp³-hybridized carbons (Fsp3) is 0.214. The Labute approximate surface area is 208 Å². The number of hydrogen-bond acceptors (Lipinski definition) is 6. The molecule has 4 rings (SSSR count). The molecule has 2 aliphatic rings. The molecule has 6 nitrogen and oxygen atoms in total. The average Bonchev–Trinajstić information content (AvgIpc) is 3.17. The Morgan fingerprint density at radius 3 is 2.46 bits per heavy atom. The Kier molecular flexibility index (Phi) is 7.77. The van der Waals surface area contributed by atoms with Crippen molar-refractivity contribution in [2.24, 2.45) is 16.8 Å². The Hall–Kier alpha value is -3.71. The van der Waals surface area contributed by atoms with Crippen molar-refractivity contribution in [3.8, 4) is 5.75 Å². The number of carbonyl (C=O) groups excluding carboxylic acids is 3. The molecule has 1 aliphatic carbocycles. The Morgan fingerprint density at radius 2 is 1.80 bits per heavy atom. The first-order valence-corrected chi connectivity index (χ1v) is 12.1. The van der Waals surface area contributed by atoms with Crippen LogP contribution < -0.4 is 10.1 Å². The molecule has 35 heavy (non-hydrogen) atoms. The van der Waals surface area contributed by atoms with Crippen molar-refractivity contribution in [2.45, 2.75) is 26.9 Å². The van der Waals surface area contributed by atoms with Crippen molar-refractivity contribution in [2.75, 3.05) is 0 Å². The molecule has 1 unspecified atom stereocenters. The number of hydrogen-bond donors (Lipinski definition) is 1. The van der Waals surface area contributed by atoms with Gasteiger partial charge in [-0.25, -0.2) is 0 Å². The third-order valence-electron chi connectivity index (χ3n) is 5.32. The maximum atomic E-state index is 12.3. The van der Waals surface area contributed by atoms with Crippen LogP contribution in [0.5, 0.6) is 5.75 Å². The van der Waals surface area contributed by atoms with Gasteiger partial charge in [-0.1, -0.05) is 56.3 Å². The maximum Gasteiger partial charge on any atom is 0.286 e. The highest BCUT2D eigenvalue weighted by atomic mass is 32.2. The molecule has 1 atom stereocenters. The van der Waals surface area contributed by atoms with Gasteiger partial charge in [-0.3, -0.25) is 14.4 Å². The smallest absolute Gasteiger partial charge is 0.286 e. The molecule has 7 heteroatoms. The lowest BCUT2D eigenvalue weighted by molar-refractivity contribution is -0.115. The van der Waals surface area contributed by atoms with Crippen LogP contribution >= 0.6 is 11.8 Å². The molecule has 0 bridgehead atoms. The van der Waals surface area contributed by atoms with Gasteiger partial charge in [-0.15, -0.1) is 0 Å². The fourth-order valence-electron chi connectivity index (χ4n) is 3.57. The molecule has 0 aromatic heterocycles. The minimum Gasteiger partial charge on any atom is -0.489 e. The van der Waals surface area contributed by atoms with E-state index in [9.17, 15) is 14.4 Å². The molecule has 0 saturated carbocycles. The summed E-state index contributed by atoms with van der Waals surface area (Å²) < 4.78 is 5.90. The van der Waals surface area contributed by atoms with Crippen LogP contribution in [-0.2, 0) is 27.4 Å². The van der Waals surface area contributed by atoms with Gasteiger partial charge in [0.25, 0.3) is 5.91 Å². The van der Waals surface area contributed by atoms with E-state index in [2.05, 4.69) is 48.4 Å². The summed E-state index contributed by atoms with van der Waals surface area (Å²) in [7, 11) is 0. The molecule has 1 heterocycles. The molecule has 0 spiro atoms. The fourth-order valence-corrected chi connectivity index (χ4v) is 4.40. The van der Waals surface area contributed by atoms with Crippen LogP contribution in [0.25, 0.3) is 6.08 Å². The van der Waals surface area contributed by atoms with Crippen molar-refractivity contribution in [1.82, 2.24) is 5.32 Å². The lowest BCUT2D eigenvalue weighted by Crippen LogP contribution is -2.23. The van der Waals surface area contributed by atoms with Gasteiger partial charge in [-0.2, -0.15) is 4.99 Å². The third-order valence-corrected chi connectivity index (χ3v) is 6.22. The standard InChI is InChI=1S/C28H25N2O4S/c1-18(2)13-19-3-5-21(6-4-19)17-34-24-11-7-20(8-12-24)14-26-27(33)30-28(35-26)29-23-10-9-22(16-31)25(32)15-23/h3-12,14-15,18,22H,13,17H2,1-2H3,(H,29,30,33). The topological polar surface area (TPSA) is 84.8 Å². The van der Waals surface area contributed by atoms with Gasteiger partial charge in [0.2, 0.25) is 6.29 Å². The highest BCUT2D eigenvalue weighted by Gasteiger charge is 2.24. The van der Waals surface area contributed by atoms with Crippen LogP contribution in [0.3, 0.4) is 0 Å². The first-order valence-electron chi connectivity index (χ1n) is 11.3. The zero-order valence-electron chi connectivity index (χ0n) is 19.5. The summed E-state index contributed by atoms with van der Waals surface area (Å²) in [6, 6.07) is 16.0. The lowest BCUT2D eigenvalue weighted by Gasteiger charge is -2.11. The van der Waals surface area contributed by atoms with Crippen LogP contribution in [0.1, 0.15) is 30.5 Å². The van der Waals surface area contributed by atoms with Gasteiger partial charge < -0.3 is 10.1 Å². The quantitative estimate of drug-likeness (QED) is 0.428. The maximum absolute atomic E-state index is 12.3. The van der Waals surface area contributed by atoms with E-state index >= 15 is 0 Å². The van der Waals surface area contributed by atoms with Crippen molar-refractivity contribution in [3.05, 3.63) is 94.1 Å². The van der Waals surface area contributed by atoms with Gasteiger partial charge >= 0.3 is 0 Å². The van der Waals surface area contributed by atoms with E-state index in [1.807, 2.05) is 24.3 Å². The number of rotatable bonds is 8. The second-order valence-corrected chi connectivity index (χ2v) is 9.72. The van der Waals surface area contributed by atoms with E-state index in [1.54, 1.807) is 18.4 Å². The van der Waals surface area contributed by atoms with Crippen molar-refractivity contribution < 1.29 is 19.1 Å². The number of nitrogens with one attached hydrogen (secondary N) is 1. The molecule has 1 N–H and O–H groups in total. The molecule has 1 radical (unpaired) electrons. The summed E-state index contributed by atoms with van der Waals surface area (Å²) >= 11 is 1.19. The van der Waals surface area contributed by atoms with Crippen molar-refractivity contribution in [1.29, 1.82) is 0 Å². The highest BCUT2D eigenvalue weighted by molar-refractivity contribution is 8.18. The average molecular weight is 486 g/mol. The molecular weight excluding hydrogens is 460 g/mol. The van der Waals surface area contributed by atoms with Gasteiger partial charge in [0.15, 0.2) is 11.0 Å². The number of amidine groups is 1. The molecule has 1 aliphatic heterocycles. The zero-order chi connectivity index (χ0) is 24.8. The monoisotopic (exact) mass is 485 g/mol. The number of allylic oxidation sites excluding steroid dienone is 3. The number of amides is 1. The van der Waals surface area contributed by atoms with Gasteiger partial charge in [0, 0.05) is 11.8 Å². The molecule has 0 saturated heterocycles. The molecule has 2 aromatic rings. The first kappa shape index (κ1) is 24.4. The van der Waals surface area contributed by atoms with Gasteiger partial charge in [0.05, 0.1) is 4.91 Å². The highest BCUT2D eigenvalue weighted by Crippen LogP contribution is 2.29. The summed E-state index contributed by atoms with van der Waals surface area (Å²) in [6.45, 7) is 4.90. The van der Waals surface area contributed by atoms with E-state index in [-0.39, 0.29) is 11.7 Å². The second-order valence-electron chi connectivity index (χ2n) is 8.69. The summed E-state index contributed by atoms with van der Waals surface area (Å²) in [4.78, 5) is 39.3. The second kappa shape index (κ2) is 11.1. The number of ketones is 1. The van der Waals surface area contributed by atoms with E-state index < -0.39 is 5.92 Å². The summed E-state index contributed by atoms with van der Waals surface area (Å²) in [5.41, 5.74) is 3.75. The third kappa shape index (κ3) is 6.67. The SMILES string of the molecule is CC(C)Cc1ccc(COc2ccc(C=C3SC(NC4=CC(=O)C([C]=O)C=C4)=NC3=O)cc2)cc1. The first-order chi connectivity index (χ1) is 16.9. The molecule has 2 aromatic carbocycles. The van der Waals surface area contributed by atoms with Crippen LogP contribution in [0.2, 0.25) is 0 Å². The van der Waals surface area contributed by atoms with E-state index in [0.717, 1.165) is 23.3 Å². The summed E-state index contributed by atoms with van der Waals surface area (Å²) in [5.74, 6) is -0.219. The minimum atomic E-state index is -0.877. The zero-order valence-corrected chi connectivity index (χ0v) is 20.3. The number of carbonyl (C=O) groups is 2. The van der Waals surface area contributed by atoms with Crippen LogP contribution in [0.15, 0.2) is 82.4 Å². The van der Waals surface area contributed by atoms with E-state index in [0.29, 0.717) is 28.3 Å². The van der Waals surface area contributed by atoms with Gasteiger partial charge in [0.1, 0.15) is 18.3 Å². The minimum absolute atomic E-state index is 0.357. The predicted octanol–water partition coefficient (Wildman–Crippen LogP) is 4.77. The lowest BCUT2D eigenvalue weighted by atomic mass is 10.00. The number of benzene rings is 2. The van der Waals surface area contributed by atoms with Crippen molar-refractivity contribution >= 4 is 41.0 Å². The number of aliphatic imine (C=N–C) groups is 1. The number of thioether (sulfide) groups is 1. The normalized spacial score (nSPS) is 18.6.